The highest BCUT2D eigenvalue weighted by molar-refractivity contribution is 5.81. The molecule has 5 aromatic carbocycles. The fourth-order valence-electron chi connectivity index (χ4n) is 4.94. The molecule has 0 aliphatic rings. The molecule has 0 amide bonds. The summed E-state index contributed by atoms with van der Waals surface area (Å²) in [6.07, 6.45) is 0. The van der Waals surface area contributed by atoms with E-state index in [0.717, 1.165) is 62.1 Å². The first-order valence-corrected chi connectivity index (χ1v) is 13.7. The molecule has 0 saturated carbocycles. The van der Waals surface area contributed by atoms with Crippen LogP contribution < -0.4 is 16.4 Å². The summed E-state index contributed by atoms with van der Waals surface area (Å²) in [5.41, 5.74) is 25.3. The van der Waals surface area contributed by atoms with Gasteiger partial charge in [-0.25, -0.2) is 4.98 Å². The van der Waals surface area contributed by atoms with E-state index < -0.39 is 0 Å². The second-order valence-electron chi connectivity index (χ2n) is 10.4. The Morgan fingerprint density at radius 2 is 0.756 bits per heavy atom. The Morgan fingerprint density at radius 1 is 0.415 bits per heavy atom. The highest BCUT2D eigenvalue weighted by atomic mass is 15.1. The van der Waals surface area contributed by atoms with Gasteiger partial charge < -0.3 is 16.4 Å². The van der Waals surface area contributed by atoms with Crippen LogP contribution in [0.1, 0.15) is 11.1 Å². The lowest BCUT2D eigenvalue weighted by Gasteiger charge is -2.26. The second kappa shape index (κ2) is 11.0. The van der Waals surface area contributed by atoms with Gasteiger partial charge in [0.05, 0.1) is 11.4 Å². The van der Waals surface area contributed by atoms with Gasteiger partial charge in [-0.3, -0.25) is 0 Å². The number of aromatic nitrogens is 1. The summed E-state index contributed by atoms with van der Waals surface area (Å²) < 4.78 is 0. The molecular formula is C37H32N4. The molecule has 0 spiro atoms. The highest BCUT2D eigenvalue weighted by Crippen LogP contribution is 2.37. The Balaban J connectivity index is 1.43. The quantitative estimate of drug-likeness (QED) is 0.210. The predicted octanol–water partition coefficient (Wildman–Crippen LogP) is 9.33. The normalized spacial score (nSPS) is 10.9. The van der Waals surface area contributed by atoms with Crippen LogP contribution in [0.2, 0.25) is 0 Å². The molecule has 0 aliphatic carbocycles. The van der Waals surface area contributed by atoms with Gasteiger partial charge in [-0.05, 0) is 97.8 Å². The SMILES string of the molecule is Cc1ccc(-c2cc(-c3ccc(N(c4ccc(N)cc4)c4ccc(N)cc4)cc3)cc(-c3ccc(C)cc3)n2)cc1. The smallest absolute Gasteiger partial charge is 0.0715 e. The molecule has 1 heterocycles. The Kier molecular flexibility index (Phi) is 6.97. The molecule has 41 heavy (non-hydrogen) atoms. The molecule has 0 fully saturated rings. The zero-order chi connectivity index (χ0) is 28.3. The largest absolute Gasteiger partial charge is 0.399 e. The molecule has 0 aliphatic heterocycles. The number of rotatable bonds is 6. The number of benzene rings is 5. The average Bonchev–Trinajstić information content (AvgIpc) is 3.00. The molecular weight excluding hydrogens is 500 g/mol. The lowest BCUT2D eigenvalue weighted by atomic mass is 9.99. The fraction of sp³-hybridized carbons (Fsp3) is 0.0541. The van der Waals surface area contributed by atoms with Crippen LogP contribution in [-0.4, -0.2) is 4.98 Å². The van der Waals surface area contributed by atoms with E-state index in [2.05, 4.69) is 104 Å². The summed E-state index contributed by atoms with van der Waals surface area (Å²) >= 11 is 0. The maximum atomic E-state index is 5.99. The first-order valence-electron chi connectivity index (χ1n) is 13.7. The first-order chi connectivity index (χ1) is 19.9. The lowest BCUT2D eigenvalue weighted by molar-refractivity contribution is 1.28. The van der Waals surface area contributed by atoms with Crippen molar-refractivity contribution >= 4 is 28.4 Å². The number of hydrogen-bond acceptors (Lipinski definition) is 4. The van der Waals surface area contributed by atoms with Gasteiger partial charge >= 0.3 is 0 Å². The van der Waals surface area contributed by atoms with Crippen LogP contribution in [0.4, 0.5) is 28.4 Å². The summed E-state index contributed by atoms with van der Waals surface area (Å²) in [6.45, 7) is 4.20. The Labute approximate surface area is 241 Å². The van der Waals surface area contributed by atoms with Gasteiger partial charge in [-0.1, -0.05) is 71.8 Å². The van der Waals surface area contributed by atoms with E-state index in [4.69, 9.17) is 16.5 Å². The average molecular weight is 533 g/mol. The third kappa shape index (κ3) is 5.68. The topological polar surface area (TPSA) is 68.2 Å². The minimum Gasteiger partial charge on any atom is -0.399 e. The van der Waals surface area contributed by atoms with E-state index >= 15 is 0 Å². The fourth-order valence-corrected chi connectivity index (χ4v) is 4.94. The number of anilines is 5. The molecule has 6 rings (SSSR count). The molecule has 0 saturated heterocycles. The van der Waals surface area contributed by atoms with Crippen LogP contribution in [0.15, 0.2) is 133 Å². The van der Waals surface area contributed by atoms with Crippen molar-refractivity contribution in [1.29, 1.82) is 0 Å². The van der Waals surface area contributed by atoms with Gasteiger partial charge in [0.1, 0.15) is 0 Å². The van der Waals surface area contributed by atoms with E-state index in [1.165, 1.54) is 11.1 Å². The minimum absolute atomic E-state index is 0.729. The third-order valence-corrected chi connectivity index (χ3v) is 7.28. The van der Waals surface area contributed by atoms with Gasteiger partial charge in [-0.2, -0.15) is 0 Å². The summed E-state index contributed by atoms with van der Waals surface area (Å²) in [5.74, 6) is 0. The van der Waals surface area contributed by atoms with Crippen molar-refractivity contribution in [1.82, 2.24) is 4.98 Å². The van der Waals surface area contributed by atoms with Crippen LogP contribution >= 0.6 is 0 Å². The monoisotopic (exact) mass is 532 g/mol. The number of nitrogen functional groups attached to an aromatic ring is 2. The predicted molar refractivity (Wildman–Crippen MR) is 174 cm³/mol. The van der Waals surface area contributed by atoms with Crippen molar-refractivity contribution in [2.45, 2.75) is 13.8 Å². The molecule has 6 aromatic rings. The molecule has 4 N–H and O–H groups in total. The molecule has 200 valence electrons. The molecule has 4 heteroatoms. The second-order valence-corrected chi connectivity index (χ2v) is 10.4. The van der Waals surface area contributed by atoms with Crippen molar-refractivity contribution < 1.29 is 0 Å². The highest BCUT2D eigenvalue weighted by Gasteiger charge is 2.14. The van der Waals surface area contributed by atoms with E-state index in [0.29, 0.717) is 0 Å². The van der Waals surface area contributed by atoms with Crippen molar-refractivity contribution in [3.8, 4) is 33.6 Å². The van der Waals surface area contributed by atoms with Crippen molar-refractivity contribution in [2.75, 3.05) is 16.4 Å². The molecule has 0 bridgehead atoms. The van der Waals surface area contributed by atoms with Crippen LogP contribution in [0.3, 0.4) is 0 Å². The number of nitrogens with two attached hydrogens (primary N) is 2. The third-order valence-electron chi connectivity index (χ3n) is 7.28. The number of pyridine rings is 1. The Bertz CT molecular complexity index is 1660. The van der Waals surface area contributed by atoms with E-state index in [1.54, 1.807) is 0 Å². The Morgan fingerprint density at radius 3 is 1.15 bits per heavy atom. The van der Waals surface area contributed by atoms with Crippen molar-refractivity contribution in [2.24, 2.45) is 0 Å². The standard InChI is InChI=1S/C37H32N4/c1-25-3-7-28(8-4-25)36-23-30(24-37(40-36)29-9-5-26(2)6-10-29)27-11-17-33(18-12-27)41(34-19-13-31(38)14-20-34)35-21-15-32(39)16-22-35/h3-24H,38-39H2,1-2H3. The summed E-state index contributed by atoms with van der Waals surface area (Å²) in [6, 6.07) is 45.9. The van der Waals surface area contributed by atoms with Gasteiger partial charge in [0.2, 0.25) is 0 Å². The van der Waals surface area contributed by atoms with Crippen molar-refractivity contribution in [3.63, 3.8) is 0 Å². The van der Waals surface area contributed by atoms with E-state index in [9.17, 15) is 0 Å². The minimum atomic E-state index is 0.729. The zero-order valence-corrected chi connectivity index (χ0v) is 23.3. The molecule has 0 atom stereocenters. The first kappa shape index (κ1) is 25.9. The van der Waals surface area contributed by atoms with Crippen LogP contribution in [-0.2, 0) is 0 Å². The maximum absolute atomic E-state index is 5.99. The summed E-state index contributed by atoms with van der Waals surface area (Å²) in [7, 11) is 0. The number of aryl methyl sites for hydroxylation is 2. The van der Waals surface area contributed by atoms with Gasteiger partial charge in [0, 0.05) is 39.6 Å². The van der Waals surface area contributed by atoms with E-state index in [-0.39, 0.29) is 0 Å². The van der Waals surface area contributed by atoms with Crippen LogP contribution in [0.25, 0.3) is 33.6 Å². The van der Waals surface area contributed by atoms with Crippen molar-refractivity contribution in [3.05, 3.63) is 145 Å². The van der Waals surface area contributed by atoms with Crippen LogP contribution in [0.5, 0.6) is 0 Å². The van der Waals surface area contributed by atoms with Gasteiger partial charge in [0.15, 0.2) is 0 Å². The molecule has 4 nitrogen and oxygen atoms in total. The maximum Gasteiger partial charge on any atom is 0.0715 e. The van der Waals surface area contributed by atoms with E-state index in [1.807, 2.05) is 48.5 Å². The molecule has 1 aromatic heterocycles. The van der Waals surface area contributed by atoms with Gasteiger partial charge in [-0.15, -0.1) is 0 Å². The van der Waals surface area contributed by atoms with Gasteiger partial charge in [0.25, 0.3) is 0 Å². The summed E-state index contributed by atoms with van der Waals surface area (Å²) in [5, 5.41) is 0. The lowest BCUT2D eigenvalue weighted by Crippen LogP contribution is -2.10. The zero-order valence-electron chi connectivity index (χ0n) is 23.3. The Hall–Kier alpha value is -5.35. The van der Waals surface area contributed by atoms with Crippen LogP contribution in [0, 0.1) is 13.8 Å². The molecule has 0 unspecified atom stereocenters. The number of hydrogen-bond donors (Lipinski definition) is 2. The number of nitrogens with zero attached hydrogens (tertiary/aromatic N) is 2. The summed E-state index contributed by atoms with van der Waals surface area (Å²) in [4.78, 5) is 7.27. The molecule has 0 radical (unpaired) electrons.